The van der Waals surface area contributed by atoms with Gasteiger partial charge in [-0.2, -0.15) is 5.10 Å². The molecule has 0 spiro atoms. The van der Waals surface area contributed by atoms with E-state index in [-0.39, 0.29) is 6.04 Å². The van der Waals surface area contributed by atoms with Gasteiger partial charge in [0.1, 0.15) is 5.75 Å². The normalized spacial score (nSPS) is 12.4. The SMILES string of the molecule is COc1ccc(C(CN)n2cc(Br)cn2)cc1. The van der Waals surface area contributed by atoms with Crippen molar-refractivity contribution >= 4 is 15.9 Å². The van der Waals surface area contributed by atoms with Crippen molar-refractivity contribution < 1.29 is 4.74 Å². The number of nitrogens with zero attached hydrogens (tertiary/aromatic N) is 2. The van der Waals surface area contributed by atoms with Crippen LogP contribution in [0, 0.1) is 0 Å². The van der Waals surface area contributed by atoms with Crippen LogP contribution in [0.25, 0.3) is 0 Å². The summed E-state index contributed by atoms with van der Waals surface area (Å²) in [4.78, 5) is 0. The highest BCUT2D eigenvalue weighted by Crippen LogP contribution is 2.21. The molecule has 2 N–H and O–H groups in total. The number of nitrogens with two attached hydrogens (primary N) is 1. The van der Waals surface area contributed by atoms with Gasteiger partial charge in [0.15, 0.2) is 0 Å². The smallest absolute Gasteiger partial charge is 0.118 e. The summed E-state index contributed by atoms with van der Waals surface area (Å²) >= 11 is 3.38. The first-order chi connectivity index (χ1) is 8.24. The Bertz CT molecular complexity index is 481. The molecule has 0 saturated carbocycles. The summed E-state index contributed by atoms with van der Waals surface area (Å²) in [6, 6.07) is 7.91. The summed E-state index contributed by atoms with van der Waals surface area (Å²) in [6.07, 6.45) is 3.67. The lowest BCUT2D eigenvalue weighted by Gasteiger charge is -2.16. The van der Waals surface area contributed by atoms with E-state index in [1.807, 2.05) is 35.1 Å². The van der Waals surface area contributed by atoms with E-state index in [4.69, 9.17) is 10.5 Å². The van der Waals surface area contributed by atoms with Crippen LogP contribution in [-0.2, 0) is 0 Å². The van der Waals surface area contributed by atoms with Crippen molar-refractivity contribution in [3.63, 3.8) is 0 Å². The van der Waals surface area contributed by atoms with Gasteiger partial charge in [0.25, 0.3) is 0 Å². The van der Waals surface area contributed by atoms with Gasteiger partial charge in [-0.1, -0.05) is 12.1 Å². The maximum absolute atomic E-state index is 5.81. The monoisotopic (exact) mass is 295 g/mol. The molecule has 0 amide bonds. The van der Waals surface area contributed by atoms with Gasteiger partial charge in [0, 0.05) is 12.7 Å². The minimum Gasteiger partial charge on any atom is -0.497 e. The van der Waals surface area contributed by atoms with E-state index in [0.29, 0.717) is 6.54 Å². The van der Waals surface area contributed by atoms with Crippen molar-refractivity contribution in [2.24, 2.45) is 5.73 Å². The van der Waals surface area contributed by atoms with Crippen LogP contribution >= 0.6 is 15.9 Å². The zero-order valence-corrected chi connectivity index (χ0v) is 11.1. The fraction of sp³-hybridized carbons (Fsp3) is 0.250. The molecule has 0 fully saturated rings. The van der Waals surface area contributed by atoms with Crippen molar-refractivity contribution in [1.29, 1.82) is 0 Å². The largest absolute Gasteiger partial charge is 0.497 e. The second-order valence-electron chi connectivity index (χ2n) is 3.66. The maximum Gasteiger partial charge on any atom is 0.118 e. The molecule has 5 heteroatoms. The lowest BCUT2D eigenvalue weighted by Crippen LogP contribution is -2.20. The van der Waals surface area contributed by atoms with Crippen LogP contribution in [0.15, 0.2) is 41.1 Å². The zero-order valence-electron chi connectivity index (χ0n) is 9.51. The second-order valence-corrected chi connectivity index (χ2v) is 4.58. The number of aromatic nitrogens is 2. The van der Waals surface area contributed by atoms with Crippen molar-refractivity contribution in [3.05, 3.63) is 46.7 Å². The Balaban J connectivity index is 2.28. The minimum absolute atomic E-state index is 0.0483. The second kappa shape index (κ2) is 5.33. The minimum atomic E-state index is 0.0483. The Morgan fingerprint density at radius 3 is 2.59 bits per heavy atom. The standard InChI is InChI=1S/C12H14BrN3O/c1-17-11-4-2-9(3-5-11)12(6-14)16-8-10(13)7-15-16/h2-5,7-8,12H,6,14H2,1H3. The lowest BCUT2D eigenvalue weighted by molar-refractivity contribution is 0.414. The Morgan fingerprint density at radius 1 is 1.41 bits per heavy atom. The average Bonchev–Trinajstić information content (AvgIpc) is 2.78. The van der Waals surface area contributed by atoms with E-state index in [9.17, 15) is 0 Å². The number of hydrogen-bond donors (Lipinski definition) is 1. The maximum atomic E-state index is 5.81. The van der Waals surface area contributed by atoms with E-state index in [2.05, 4.69) is 21.0 Å². The molecule has 0 aliphatic carbocycles. The Labute approximate surface area is 109 Å². The number of hydrogen-bond acceptors (Lipinski definition) is 3. The first-order valence-electron chi connectivity index (χ1n) is 5.28. The van der Waals surface area contributed by atoms with Gasteiger partial charge in [-0.25, -0.2) is 0 Å². The fourth-order valence-corrected chi connectivity index (χ4v) is 2.01. The molecule has 1 unspecified atom stereocenters. The predicted octanol–water partition coefficient (Wildman–Crippen LogP) is 2.20. The molecule has 0 aliphatic heterocycles. The summed E-state index contributed by atoms with van der Waals surface area (Å²) in [7, 11) is 1.65. The highest BCUT2D eigenvalue weighted by atomic mass is 79.9. The van der Waals surface area contributed by atoms with Crippen LogP contribution in [0.1, 0.15) is 11.6 Å². The molecule has 0 aliphatic rings. The molecule has 90 valence electrons. The number of benzene rings is 1. The van der Waals surface area contributed by atoms with Gasteiger partial charge in [0.2, 0.25) is 0 Å². The Hall–Kier alpha value is -1.33. The molecule has 2 aromatic rings. The first kappa shape index (κ1) is 12.1. The van der Waals surface area contributed by atoms with Crippen LogP contribution in [0.4, 0.5) is 0 Å². The summed E-state index contributed by atoms with van der Waals surface area (Å²) in [5.41, 5.74) is 6.92. The third kappa shape index (κ3) is 2.68. The van der Waals surface area contributed by atoms with E-state index < -0.39 is 0 Å². The molecule has 0 saturated heterocycles. The molecule has 17 heavy (non-hydrogen) atoms. The summed E-state index contributed by atoms with van der Waals surface area (Å²) in [5, 5.41) is 4.26. The topological polar surface area (TPSA) is 53.1 Å². The molecular formula is C12H14BrN3O. The van der Waals surface area contributed by atoms with Gasteiger partial charge in [-0.05, 0) is 33.6 Å². The molecule has 0 radical (unpaired) electrons. The first-order valence-corrected chi connectivity index (χ1v) is 6.07. The highest BCUT2D eigenvalue weighted by molar-refractivity contribution is 9.10. The van der Waals surface area contributed by atoms with Gasteiger partial charge in [-0.3, -0.25) is 4.68 Å². The van der Waals surface area contributed by atoms with Crippen LogP contribution in [0.2, 0.25) is 0 Å². The molecule has 1 atom stereocenters. The molecule has 1 aromatic heterocycles. The van der Waals surface area contributed by atoms with Crippen molar-refractivity contribution in [3.8, 4) is 5.75 Å². The average molecular weight is 296 g/mol. The number of ether oxygens (including phenoxy) is 1. The Kier molecular flexibility index (Phi) is 3.81. The third-order valence-electron chi connectivity index (χ3n) is 2.61. The quantitative estimate of drug-likeness (QED) is 0.941. The Morgan fingerprint density at radius 2 is 2.12 bits per heavy atom. The van der Waals surface area contributed by atoms with Crippen molar-refractivity contribution in [1.82, 2.24) is 9.78 Å². The lowest BCUT2D eigenvalue weighted by atomic mass is 10.1. The van der Waals surface area contributed by atoms with Crippen LogP contribution in [0.3, 0.4) is 0 Å². The highest BCUT2D eigenvalue weighted by Gasteiger charge is 2.12. The third-order valence-corrected chi connectivity index (χ3v) is 3.02. The number of methoxy groups -OCH3 is 1. The van der Waals surface area contributed by atoms with Gasteiger partial charge in [0.05, 0.1) is 23.8 Å². The predicted molar refractivity (Wildman–Crippen MR) is 70.1 cm³/mol. The summed E-state index contributed by atoms with van der Waals surface area (Å²) in [6.45, 7) is 0.500. The van der Waals surface area contributed by atoms with Crippen molar-refractivity contribution in [2.75, 3.05) is 13.7 Å². The van der Waals surface area contributed by atoms with E-state index in [0.717, 1.165) is 15.8 Å². The van der Waals surface area contributed by atoms with E-state index in [1.165, 1.54) is 0 Å². The zero-order chi connectivity index (χ0) is 12.3. The van der Waals surface area contributed by atoms with Crippen LogP contribution in [-0.4, -0.2) is 23.4 Å². The number of rotatable bonds is 4. The van der Waals surface area contributed by atoms with E-state index >= 15 is 0 Å². The van der Waals surface area contributed by atoms with E-state index in [1.54, 1.807) is 13.3 Å². The fourth-order valence-electron chi connectivity index (χ4n) is 1.71. The van der Waals surface area contributed by atoms with Crippen LogP contribution < -0.4 is 10.5 Å². The molecule has 1 heterocycles. The molecule has 1 aromatic carbocycles. The number of halogens is 1. The van der Waals surface area contributed by atoms with Crippen LogP contribution in [0.5, 0.6) is 5.75 Å². The molecule has 0 bridgehead atoms. The molecule has 2 rings (SSSR count). The van der Waals surface area contributed by atoms with Gasteiger partial charge in [-0.15, -0.1) is 0 Å². The van der Waals surface area contributed by atoms with Crippen molar-refractivity contribution in [2.45, 2.75) is 6.04 Å². The van der Waals surface area contributed by atoms with Gasteiger partial charge < -0.3 is 10.5 Å². The summed E-state index contributed by atoms with van der Waals surface area (Å²) < 4.78 is 7.93. The van der Waals surface area contributed by atoms with Gasteiger partial charge >= 0.3 is 0 Å². The molecular weight excluding hydrogens is 282 g/mol. The molecule has 4 nitrogen and oxygen atoms in total. The summed E-state index contributed by atoms with van der Waals surface area (Å²) in [5.74, 6) is 0.839.